The van der Waals surface area contributed by atoms with Crippen LogP contribution < -0.4 is 0 Å². The standard InChI is InChI=1S/C26H46O4/c1-5-7-9-13-22(27)14-15-23-25-17-21(19(3)24(25)18-26(23)28)12-10-8-11-16-30-20(4)29-6-2/h14-15,20,22-28H,5-13,16-18H2,1-4H3/b15-14+/t20?,22-,23+,24+,25+,26+/m0/s1. The van der Waals surface area contributed by atoms with Crippen molar-refractivity contribution in [2.45, 2.75) is 110 Å². The second-order valence-electron chi connectivity index (χ2n) is 9.29. The number of unbranched alkanes of at least 4 members (excludes halogenated alkanes) is 4. The fourth-order valence-electron chi connectivity index (χ4n) is 5.31. The van der Waals surface area contributed by atoms with Gasteiger partial charge in [0.25, 0.3) is 0 Å². The molecule has 1 saturated carbocycles. The number of rotatable bonds is 15. The van der Waals surface area contributed by atoms with Crippen molar-refractivity contribution >= 4 is 0 Å². The Bertz CT molecular complexity index is 541. The minimum atomic E-state index is -0.370. The molecule has 0 amide bonds. The maximum atomic E-state index is 10.6. The van der Waals surface area contributed by atoms with Crippen LogP contribution in [-0.2, 0) is 9.47 Å². The number of fused-ring (bicyclic) bond motifs is 1. The molecule has 0 heterocycles. The Balaban J connectivity index is 1.73. The number of ether oxygens (including phenoxy) is 2. The van der Waals surface area contributed by atoms with E-state index in [2.05, 4.69) is 19.9 Å². The van der Waals surface area contributed by atoms with Crippen LogP contribution in [0.3, 0.4) is 0 Å². The van der Waals surface area contributed by atoms with Crippen molar-refractivity contribution in [3.63, 3.8) is 0 Å². The lowest BCUT2D eigenvalue weighted by atomic mass is 9.88. The second kappa shape index (κ2) is 13.7. The van der Waals surface area contributed by atoms with Crippen molar-refractivity contribution in [3.05, 3.63) is 23.3 Å². The lowest BCUT2D eigenvalue weighted by Gasteiger charge is -2.19. The summed E-state index contributed by atoms with van der Waals surface area (Å²) in [7, 11) is 0. The summed E-state index contributed by atoms with van der Waals surface area (Å²) in [6, 6.07) is 0. The number of hydrogen-bond donors (Lipinski definition) is 2. The first kappa shape index (κ1) is 25.6. The molecule has 1 unspecified atom stereocenters. The van der Waals surface area contributed by atoms with E-state index in [1.165, 1.54) is 37.7 Å². The molecule has 6 atom stereocenters. The van der Waals surface area contributed by atoms with Crippen LogP contribution >= 0.6 is 0 Å². The van der Waals surface area contributed by atoms with Crippen LogP contribution in [0.4, 0.5) is 0 Å². The highest BCUT2D eigenvalue weighted by molar-refractivity contribution is 5.28. The van der Waals surface area contributed by atoms with Crippen LogP contribution in [0, 0.1) is 17.8 Å². The quantitative estimate of drug-likeness (QED) is 0.200. The Morgan fingerprint density at radius 3 is 2.63 bits per heavy atom. The summed E-state index contributed by atoms with van der Waals surface area (Å²) in [6.45, 7) is 9.87. The smallest absolute Gasteiger partial charge is 0.154 e. The molecule has 4 nitrogen and oxygen atoms in total. The molecule has 174 valence electrons. The molecule has 0 spiro atoms. The minimum Gasteiger partial charge on any atom is -0.392 e. The first-order valence-electron chi connectivity index (χ1n) is 12.4. The summed E-state index contributed by atoms with van der Waals surface area (Å²) >= 11 is 0. The second-order valence-corrected chi connectivity index (χ2v) is 9.29. The molecule has 0 aliphatic heterocycles. The van der Waals surface area contributed by atoms with Gasteiger partial charge in [0, 0.05) is 19.1 Å². The largest absolute Gasteiger partial charge is 0.392 e. The molecule has 2 aliphatic carbocycles. The van der Waals surface area contributed by atoms with Crippen LogP contribution in [0.15, 0.2) is 23.3 Å². The van der Waals surface area contributed by atoms with Crippen molar-refractivity contribution < 1.29 is 19.7 Å². The van der Waals surface area contributed by atoms with Crippen LogP contribution in [0.1, 0.15) is 91.9 Å². The highest BCUT2D eigenvalue weighted by Gasteiger charge is 2.45. The van der Waals surface area contributed by atoms with Gasteiger partial charge in [-0.2, -0.15) is 0 Å². The Morgan fingerprint density at radius 2 is 1.90 bits per heavy atom. The first-order chi connectivity index (χ1) is 14.5. The molecule has 2 aliphatic rings. The van der Waals surface area contributed by atoms with E-state index in [1.807, 2.05) is 19.9 Å². The van der Waals surface area contributed by atoms with Gasteiger partial charge >= 0.3 is 0 Å². The van der Waals surface area contributed by atoms with Crippen molar-refractivity contribution in [3.8, 4) is 0 Å². The molecular weight excluding hydrogens is 376 g/mol. The van der Waals surface area contributed by atoms with E-state index in [9.17, 15) is 10.2 Å². The average molecular weight is 423 g/mol. The van der Waals surface area contributed by atoms with E-state index in [-0.39, 0.29) is 24.4 Å². The summed E-state index contributed by atoms with van der Waals surface area (Å²) in [5, 5.41) is 20.8. The number of aliphatic hydroxyl groups is 2. The molecule has 0 bridgehead atoms. The molecule has 2 rings (SSSR count). The highest BCUT2D eigenvalue weighted by Crippen LogP contribution is 2.51. The van der Waals surface area contributed by atoms with Crippen molar-refractivity contribution in [2.75, 3.05) is 13.2 Å². The molecule has 0 radical (unpaired) electrons. The summed E-state index contributed by atoms with van der Waals surface area (Å²) in [6.07, 6.45) is 14.2. The van der Waals surface area contributed by atoms with Gasteiger partial charge in [-0.05, 0) is 71.1 Å². The van der Waals surface area contributed by atoms with Crippen molar-refractivity contribution in [2.24, 2.45) is 17.8 Å². The number of aliphatic hydroxyl groups excluding tert-OH is 2. The van der Waals surface area contributed by atoms with Gasteiger partial charge in [-0.15, -0.1) is 0 Å². The van der Waals surface area contributed by atoms with Crippen molar-refractivity contribution in [1.29, 1.82) is 0 Å². The lowest BCUT2D eigenvalue weighted by molar-refractivity contribution is -0.127. The van der Waals surface area contributed by atoms with Crippen LogP contribution in [-0.4, -0.2) is 41.9 Å². The van der Waals surface area contributed by atoms with Gasteiger partial charge in [-0.25, -0.2) is 0 Å². The monoisotopic (exact) mass is 422 g/mol. The maximum absolute atomic E-state index is 10.6. The van der Waals surface area contributed by atoms with Crippen molar-refractivity contribution in [1.82, 2.24) is 0 Å². The highest BCUT2D eigenvalue weighted by atomic mass is 16.7. The van der Waals surface area contributed by atoms with E-state index >= 15 is 0 Å². The summed E-state index contributed by atoms with van der Waals surface area (Å²) in [5.41, 5.74) is 3.14. The third kappa shape index (κ3) is 7.78. The molecule has 0 saturated heterocycles. The minimum absolute atomic E-state index is 0.101. The molecular formula is C26H46O4. The van der Waals surface area contributed by atoms with Gasteiger partial charge in [0.05, 0.1) is 12.2 Å². The molecule has 4 heteroatoms. The molecule has 0 aromatic rings. The van der Waals surface area contributed by atoms with Gasteiger partial charge in [-0.1, -0.05) is 55.9 Å². The van der Waals surface area contributed by atoms with Gasteiger partial charge in [0.1, 0.15) is 0 Å². The molecule has 1 fully saturated rings. The van der Waals surface area contributed by atoms with Crippen LogP contribution in [0.25, 0.3) is 0 Å². The van der Waals surface area contributed by atoms with E-state index in [0.29, 0.717) is 18.4 Å². The summed E-state index contributed by atoms with van der Waals surface area (Å²) in [4.78, 5) is 0. The average Bonchev–Trinajstić information content (AvgIpc) is 3.18. The van der Waals surface area contributed by atoms with E-state index in [0.717, 1.165) is 38.7 Å². The Hall–Kier alpha value is -0.680. The lowest BCUT2D eigenvalue weighted by Crippen LogP contribution is -2.18. The predicted octanol–water partition coefficient (Wildman–Crippen LogP) is 5.78. The fraction of sp³-hybridized carbons (Fsp3) is 0.846. The van der Waals surface area contributed by atoms with Crippen LogP contribution in [0.5, 0.6) is 0 Å². The molecule has 0 aromatic carbocycles. The molecule has 30 heavy (non-hydrogen) atoms. The third-order valence-corrected chi connectivity index (χ3v) is 7.08. The zero-order valence-corrected chi connectivity index (χ0v) is 19.8. The van der Waals surface area contributed by atoms with Gasteiger partial charge < -0.3 is 19.7 Å². The zero-order valence-electron chi connectivity index (χ0n) is 19.8. The van der Waals surface area contributed by atoms with Gasteiger partial charge in [0.15, 0.2) is 6.29 Å². The number of allylic oxidation sites excluding steroid dienone is 2. The summed E-state index contributed by atoms with van der Waals surface area (Å²) < 4.78 is 11.0. The van der Waals surface area contributed by atoms with Crippen LogP contribution in [0.2, 0.25) is 0 Å². The SMILES string of the molecule is CCCCC[C@H](O)/C=C/[C@@H]1[C@H]2CC(CCCCCOC(C)OCC)=C(C)[C@H]2C[C@H]1O. The summed E-state index contributed by atoms with van der Waals surface area (Å²) in [5.74, 6) is 1.23. The Morgan fingerprint density at radius 1 is 1.10 bits per heavy atom. The van der Waals surface area contributed by atoms with Gasteiger partial charge in [0.2, 0.25) is 0 Å². The Labute approximate surface area is 184 Å². The van der Waals surface area contributed by atoms with Gasteiger partial charge in [-0.3, -0.25) is 0 Å². The zero-order chi connectivity index (χ0) is 21.9. The first-order valence-corrected chi connectivity index (χ1v) is 12.4. The molecule has 2 N–H and O–H groups in total. The van der Waals surface area contributed by atoms with E-state index in [4.69, 9.17) is 9.47 Å². The normalized spacial score (nSPS) is 28.5. The van der Waals surface area contributed by atoms with E-state index < -0.39 is 0 Å². The molecule has 0 aromatic heterocycles. The topological polar surface area (TPSA) is 58.9 Å². The fourth-order valence-corrected chi connectivity index (χ4v) is 5.31. The predicted molar refractivity (Wildman–Crippen MR) is 123 cm³/mol. The third-order valence-electron chi connectivity index (χ3n) is 7.08. The van der Waals surface area contributed by atoms with E-state index in [1.54, 1.807) is 5.57 Å². The number of hydrogen-bond acceptors (Lipinski definition) is 4. The maximum Gasteiger partial charge on any atom is 0.154 e. The Kier molecular flexibility index (Phi) is 11.7.